The van der Waals surface area contributed by atoms with Crippen molar-refractivity contribution in [2.75, 3.05) is 0 Å². The Hall–Kier alpha value is -5.87. The van der Waals surface area contributed by atoms with Crippen LogP contribution in [0.15, 0.2) is 144 Å². The molecule has 0 fully saturated rings. The maximum atomic E-state index is 6.25. The third-order valence-corrected chi connectivity index (χ3v) is 9.35. The van der Waals surface area contributed by atoms with E-state index in [9.17, 15) is 0 Å². The molecule has 46 heavy (non-hydrogen) atoms. The fourth-order valence-corrected chi connectivity index (χ4v) is 6.97. The third-order valence-electron chi connectivity index (χ3n) is 9.35. The molecule has 4 heteroatoms. The SMILES string of the molecule is CC1(C)c2cc(-c3ccc(-c4nc(-c5ccccc5)nc(-c5ccccc5)n4)cc3)ccc2-c2c1ccc1oc3ccccc3c21. The van der Waals surface area contributed by atoms with Crippen LogP contribution in [0.1, 0.15) is 25.0 Å². The highest BCUT2D eigenvalue weighted by Crippen LogP contribution is 2.53. The van der Waals surface area contributed by atoms with Crippen molar-refractivity contribution in [2.24, 2.45) is 0 Å². The molecule has 0 unspecified atom stereocenters. The van der Waals surface area contributed by atoms with Crippen LogP contribution < -0.4 is 0 Å². The Kier molecular flexibility index (Phi) is 5.81. The molecule has 2 aromatic heterocycles. The van der Waals surface area contributed by atoms with E-state index in [2.05, 4.69) is 86.6 Å². The molecule has 0 N–H and O–H groups in total. The Balaban J connectivity index is 1.12. The minimum atomic E-state index is -0.139. The summed E-state index contributed by atoms with van der Waals surface area (Å²) < 4.78 is 6.25. The summed E-state index contributed by atoms with van der Waals surface area (Å²) in [4.78, 5) is 14.6. The minimum absolute atomic E-state index is 0.139. The lowest BCUT2D eigenvalue weighted by Gasteiger charge is -2.22. The maximum Gasteiger partial charge on any atom is 0.164 e. The Morgan fingerprint density at radius 1 is 0.457 bits per heavy atom. The molecular weight excluding hydrogens is 562 g/mol. The summed E-state index contributed by atoms with van der Waals surface area (Å²) in [5, 5.41) is 2.38. The topological polar surface area (TPSA) is 51.8 Å². The van der Waals surface area contributed by atoms with Crippen molar-refractivity contribution in [2.45, 2.75) is 19.3 Å². The molecule has 0 saturated carbocycles. The number of rotatable bonds is 4. The molecule has 0 atom stereocenters. The Labute approximate surface area is 267 Å². The standard InChI is InChI=1S/C42H29N3O/c1-42(2)33-23-24-36-38(32-15-9-10-16-35(32)46-36)37(33)31-22-21-30(25-34(31)42)26-17-19-29(20-18-26)41-44-39(27-11-5-3-6-12-27)43-40(45-41)28-13-7-4-8-14-28/h3-25H,1-2H3. The van der Waals surface area contributed by atoms with Gasteiger partial charge in [0, 0.05) is 32.9 Å². The van der Waals surface area contributed by atoms with Gasteiger partial charge in [-0.1, -0.05) is 135 Å². The molecule has 1 aliphatic carbocycles. The van der Waals surface area contributed by atoms with Crippen LogP contribution in [-0.4, -0.2) is 15.0 Å². The fraction of sp³-hybridized carbons (Fsp3) is 0.0714. The van der Waals surface area contributed by atoms with E-state index in [0.29, 0.717) is 17.5 Å². The van der Waals surface area contributed by atoms with E-state index in [1.165, 1.54) is 38.6 Å². The highest BCUT2D eigenvalue weighted by atomic mass is 16.3. The van der Waals surface area contributed by atoms with E-state index in [4.69, 9.17) is 19.4 Å². The summed E-state index contributed by atoms with van der Waals surface area (Å²) >= 11 is 0. The van der Waals surface area contributed by atoms with Crippen LogP contribution >= 0.6 is 0 Å². The summed E-state index contributed by atoms with van der Waals surface area (Å²) in [6, 6.07) is 48.3. The summed E-state index contributed by atoms with van der Waals surface area (Å²) in [7, 11) is 0. The van der Waals surface area contributed by atoms with Crippen LogP contribution in [0.25, 0.3) is 78.4 Å². The van der Waals surface area contributed by atoms with Gasteiger partial charge in [-0.3, -0.25) is 0 Å². The van der Waals surface area contributed by atoms with Crippen LogP contribution in [0.2, 0.25) is 0 Å². The molecule has 9 rings (SSSR count). The van der Waals surface area contributed by atoms with Crippen molar-refractivity contribution in [3.63, 3.8) is 0 Å². The van der Waals surface area contributed by atoms with E-state index in [1.54, 1.807) is 0 Å². The van der Waals surface area contributed by atoms with E-state index in [1.807, 2.05) is 66.7 Å². The van der Waals surface area contributed by atoms with E-state index in [0.717, 1.165) is 33.4 Å². The Morgan fingerprint density at radius 3 is 1.65 bits per heavy atom. The molecule has 8 aromatic rings. The molecule has 0 spiro atoms. The molecule has 2 heterocycles. The van der Waals surface area contributed by atoms with Crippen LogP contribution in [-0.2, 0) is 5.41 Å². The number of fused-ring (bicyclic) bond motifs is 7. The van der Waals surface area contributed by atoms with E-state index >= 15 is 0 Å². The van der Waals surface area contributed by atoms with Crippen molar-refractivity contribution in [3.8, 4) is 56.4 Å². The monoisotopic (exact) mass is 591 g/mol. The second-order valence-corrected chi connectivity index (χ2v) is 12.5. The molecule has 0 bridgehead atoms. The van der Waals surface area contributed by atoms with Gasteiger partial charge in [-0.25, -0.2) is 15.0 Å². The molecule has 0 saturated heterocycles. The van der Waals surface area contributed by atoms with Gasteiger partial charge in [0.1, 0.15) is 11.2 Å². The number of aromatic nitrogens is 3. The average Bonchev–Trinajstić information content (AvgIpc) is 3.60. The zero-order chi connectivity index (χ0) is 30.8. The predicted molar refractivity (Wildman–Crippen MR) is 186 cm³/mol. The van der Waals surface area contributed by atoms with E-state index < -0.39 is 0 Å². The second-order valence-electron chi connectivity index (χ2n) is 12.5. The van der Waals surface area contributed by atoms with Gasteiger partial charge in [-0.15, -0.1) is 0 Å². The highest BCUT2D eigenvalue weighted by Gasteiger charge is 2.37. The van der Waals surface area contributed by atoms with Gasteiger partial charge in [-0.2, -0.15) is 0 Å². The lowest BCUT2D eigenvalue weighted by Crippen LogP contribution is -2.14. The highest BCUT2D eigenvalue weighted by molar-refractivity contribution is 6.15. The third kappa shape index (κ3) is 4.11. The van der Waals surface area contributed by atoms with Crippen molar-refractivity contribution in [1.82, 2.24) is 15.0 Å². The van der Waals surface area contributed by atoms with Gasteiger partial charge in [0.15, 0.2) is 17.5 Å². The van der Waals surface area contributed by atoms with Crippen LogP contribution in [0.5, 0.6) is 0 Å². The van der Waals surface area contributed by atoms with Crippen LogP contribution in [0.3, 0.4) is 0 Å². The van der Waals surface area contributed by atoms with Gasteiger partial charge in [0.05, 0.1) is 0 Å². The normalized spacial score (nSPS) is 13.2. The van der Waals surface area contributed by atoms with Gasteiger partial charge in [0.25, 0.3) is 0 Å². The Morgan fingerprint density at radius 2 is 1.00 bits per heavy atom. The van der Waals surface area contributed by atoms with Crippen LogP contribution in [0.4, 0.5) is 0 Å². The van der Waals surface area contributed by atoms with Crippen molar-refractivity contribution in [1.29, 1.82) is 0 Å². The van der Waals surface area contributed by atoms with Gasteiger partial charge in [-0.05, 0) is 51.6 Å². The maximum absolute atomic E-state index is 6.25. The van der Waals surface area contributed by atoms with Gasteiger partial charge >= 0.3 is 0 Å². The summed E-state index contributed by atoms with van der Waals surface area (Å²) in [5.74, 6) is 1.98. The number of hydrogen-bond acceptors (Lipinski definition) is 4. The van der Waals surface area contributed by atoms with Crippen molar-refractivity contribution in [3.05, 3.63) is 151 Å². The summed E-state index contributed by atoms with van der Waals surface area (Å²) in [5.41, 5.74) is 12.2. The molecule has 218 valence electrons. The first-order valence-corrected chi connectivity index (χ1v) is 15.6. The lowest BCUT2D eigenvalue weighted by atomic mass is 9.81. The molecule has 0 aliphatic heterocycles. The fourth-order valence-electron chi connectivity index (χ4n) is 6.97. The largest absolute Gasteiger partial charge is 0.456 e. The van der Waals surface area contributed by atoms with Gasteiger partial charge < -0.3 is 4.42 Å². The van der Waals surface area contributed by atoms with Crippen molar-refractivity contribution < 1.29 is 4.42 Å². The average molecular weight is 592 g/mol. The molecule has 4 nitrogen and oxygen atoms in total. The molecular formula is C42H29N3O. The Bertz CT molecular complexity index is 2370. The zero-order valence-electron chi connectivity index (χ0n) is 25.5. The second kappa shape index (κ2) is 10.1. The number of benzene rings is 6. The molecule has 6 aromatic carbocycles. The molecule has 0 radical (unpaired) electrons. The zero-order valence-corrected chi connectivity index (χ0v) is 25.5. The first-order valence-electron chi connectivity index (χ1n) is 15.6. The first-order chi connectivity index (χ1) is 22.5. The minimum Gasteiger partial charge on any atom is -0.456 e. The van der Waals surface area contributed by atoms with Crippen molar-refractivity contribution >= 4 is 21.9 Å². The first kappa shape index (κ1) is 26.5. The summed E-state index contributed by atoms with van der Waals surface area (Å²) in [6.07, 6.45) is 0. The number of hydrogen-bond donors (Lipinski definition) is 0. The molecule has 0 amide bonds. The quantitative estimate of drug-likeness (QED) is 0.204. The summed E-state index contributed by atoms with van der Waals surface area (Å²) in [6.45, 7) is 4.65. The number of nitrogens with zero attached hydrogens (tertiary/aromatic N) is 3. The smallest absolute Gasteiger partial charge is 0.164 e. The number of furan rings is 1. The molecule has 1 aliphatic rings. The van der Waals surface area contributed by atoms with E-state index in [-0.39, 0.29) is 5.41 Å². The predicted octanol–water partition coefficient (Wildman–Crippen LogP) is 10.7. The van der Waals surface area contributed by atoms with Crippen LogP contribution in [0, 0.1) is 0 Å². The number of para-hydroxylation sites is 1. The van der Waals surface area contributed by atoms with Gasteiger partial charge in [0.2, 0.25) is 0 Å². The lowest BCUT2D eigenvalue weighted by molar-refractivity contribution is 0.657.